The Hall–Kier alpha value is -3.51. The Labute approximate surface area is 300 Å². The summed E-state index contributed by atoms with van der Waals surface area (Å²) in [7, 11) is 0. The van der Waals surface area contributed by atoms with Crippen molar-refractivity contribution in [3.63, 3.8) is 0 Å². The quantitative estimate of drug-likeness (QED) is 0.106. The molecule has 3 heterocycles. The van der Waals surface area contributed by atoms with Crippen molar-refractivity contribution in [3.8, 4) is 0 Å². The summed E-state index contributed by atoms with van der Waals surface area (Å²) in [5, 5.41) is 12.8. The van der Waals surface area contributed by atoms with Crippen LogP contribution < -0.4 is 10.2 Å². The number of aliphatic hydroxyl groups is 1. The maximum absolute atomic E-state index is 14.8. The topological polar surface area (TPSA) is 125 Å². The molecule has 0 saturated carbocycles. The molecule has 0 aromatic heterocycles. The SMILES string of the molecule is C=CCCC(=O)NC[C@H](OC(=O)[C@@H]1[C@H]2O[C@@]3(CC2Br)[C@H](C(=O)N(CC=C)c2c(C)cccc2Cl)N(CCCCO)C(=O)[C@@H]13)c1ccccc1. The Bertz CT molecular complexity index is 1550. The monoisotopic (exact) mass is 755 g/mol. The van der Waals surface area contributed by atoms with Crippen molar-refractivity contribution in [1.29, 1.82) is 0 Å². The number of anilines is 1. The number of allylic oxidation sites excluding steroid dienone is 1. The molecule has 1 spiro atoms. The summed E-state index contributed by atoms with van der Waals surface area (Å²) >= 11 is 10.4. The van der Waals surface area contributed by atoms with E-state index >= 15 is 0 Å². The van der Waals surface area contributed by atoms with Gasteiger partial charge in [0.25, 0.3) is 5.91 Å². The van der Waals surface area contributed by atoms with E-state index in [0.717, 1.165) is 5.56 Å². The van der Waals surface area contributed by atoms with E-state index in [1.165, 1.54) is 9.80 Å². The van der Waals surface area contributed by atoms with Crippen molar-refractivity contribution in [2.24, 2.45) is 11.8 Å². The van der Waals surface area contributed by atoms with Crippen LogP contribution in [0, 0.1) is 18.8 Å². The molecule has 2 N–H and O–H groups in total. The lowest BCUT2D eigenvalue weighted by molar-refractivity contribution is -0.160. The van der Waals surface area contributed by atoms with Crippen molar-refractivity contribution >= 4 is 56.9 Å². The standard InChI is InChI=1S/C37H43BrClN3O7/c1-4-6-17-28(44)40-22-27(24-14-8-7-9-15-24)48-36(47)29-30-34(45)42(19-10-11-20-43)33(37(30)21-25(38)32(29)49-37)35(46)41(18-5-2)31-23(3)13-12-16-26(31)39/h4-5,7-9,12-16,25,27,29-30,32-33,43H,1-2,6,10-11,17-22H2,3H3,(H,40,44)/t25?,27-,29-,30+,32-,33-,37+/m0/s1. The van der Waals surface area contributed by atoms with Crippen LogP contribution in [-0.4, -0.2) is 82.5 Å². The number of halogens is 2. The number of aryl methyl sites for hydroxylation is 1. The number of hydrogen-bond donors (Lipinski definition) is 2. The number of unbranched alkanes of at least 4 members (excludes halogenated alkanes) is 1. The summed E-state index contributed by atoms with van der Waals surface area (Å²) in [6.45, 7) is 9.66. The number of carbonyl (C=O) groups excluding carboxylic acids is 4. The number of esters is 1. The molecule has 3 saturated heterocycles. The van der Waals surface area contributed by atoms with Crippen LogP contribution in [-0.2, 0) is 28.7 Å². The normalized spacial score (nSPS) is 25.8. The van der Waals surface area contributed by atoms with Crippen molar-refractivity contribution in [3.05, 3.63) is 90.0 Å². The zero-order valence-corrected chi connectivity index (χ0v) is 29.9. The van der Waals surface area contributed by atoms with Crippen molar-refractivity contribution in [2.45, 2.75) is 67.7 Å². The minimum atomic E-state index is -1.33. The number of para-hydroxylation sites is 1. The molecule has 3 aliphatic heterocycles. The first-order valence-electron chi connectivity index (χ1n) is 16.6. The Kier molecular flexibility index (Phi) is 12.0. The van der Waals surface area contributed by atoms with E-state index in [4.69, 9.17) is 21.1 Å². The molecule has 2 aromatic rings. The van der Waals surface area contributed by atoms with Gasteiger partial charge >= 0.3 is 5.97 Å². The molecule has 12 heteroatoms. The van der Waals surface area contributed by atoms with Crippen LogP contribution in [0.1, 0.15) is 49.3 Å². The number of benzene rings is 2. The lowest BCUT2D eigenvalue weighted by Crippen LogP contribution is -2.57. The molecule has 0 radical (unpaired) electrons. The molecule has 49 heavy (non-hydrogen) atoms. The number of hydrogen-bond acceptors (Lipinski definition) is 7. The van der Waals surface area contributed by atoms with Gasteiger partial charge in [0.05, 0.1) is 35.2 Å². The minimum absolute atomic E-state index is 0.0353. The maximum Gasteiger partial charge on any atom is 0.313 e. The third kappa shape index (κ3) is 7.22. The van der Waals surface area contributed by atoms with E-state index in [2.05, 4.69) is 34.4 Å². The second-order valence-electron chi connectivity index (χ2n) is 12.7. The first kappa shape index (κ1) is 36.8. The summed E-state index contributed by atoms with van der Waals surface area (Å²) < 4.78 is 12.8. The molecular formula is C37H43BrClN3O7. The summed E-state index contributed by atoms with van der Waals surface area (Å²) in [5.41, 5.74) is 0.635. The highest BCUT2D eigenvalue weighted by molar-refractivity contribution is 9.09. The van der Waals surface area contributed by atoms with E-state index in [9.17, 15) is 24.3 Å². The van der Waals surface area contributed by atoms with Gasteiger partial charge in [-0.2, -0.15) is 0 Å². The summed E-state index contributed by atoms with van der Waals surface area (Å²) in [6, 6.07) is 13.4. The van der Waals surface area contributed by atoms with Gasteiger partial charge in [-0.1, -0.05) is 82.1 Å². The van der Waals surface area contributed by atoms with E-state index in [-0.39, 0.29) is 49.3 Å². The minimum Gasteiger partial charge on any atom is -0.455 e. The van der Waals surface area contributed by atoms with Gasteiger partial charge in [-0.15, -0.1) is 13.2 Å². The van der Waals surface area contributed by atoms with Gasteiger partial charge in [0.1, 0.15) is 17.7 Å². The first-order chi connectivity index (χ1) is 23.6. The van der Waals surface area contributed by atoms with Gasteiger partial charge in [-0.05, 0) is 49.8 Å². The van der Waals surface area contributed by atoms with Crippen molar-refractivity contribution in [1.82, 2.24) is 10.2 Å². The smallest absolute Gasteiger partial charge is 0.313 e. The van der Waals surface area contributed by atoms with Gasteiger partial charge in [-0.3, -0.25) is 19.2 Å². The number of carbonyl (C=O) groups is 4. The third-order valence-corrected chi connectivity index (χ3v) is 10.8. The van der Waals surface area contributed by atoms with E-state index in [0.29, 0.717) is 42.0 Å². The summed E-state index contributed by atoms with van der Waals surface area (Å²) in [4.78, 5) is 58.8. The fourth-order valence-corrected chi connectivity index (χ4v) is 8.75. The Morgan fingerprint density at radius 1 is 1.18 bits per heavy atom. The average Bonchev–Trinajstić information content (AvgIpc) is 3.68. The Balaban J connectivity index is 1.50. The Morgan fingerprint density at radius 3 is 2.61 bits per heavy atom. The molecule has 3 amide bonds. The third-order valence-electron chi connectivity index (χ3n) is 9.63. The molecular weight excluding hydrogens is 714 g/mol. The molecule has 10 nitrogen and oxygen atoms in total. The van der Waals surface area contributed by atoms with Crippen LogP contribution in [0.3, 0.4) is 0 Å². The second-order valence-corrected chi connectivity index (χ2v) is 14.3. The number of nitrogens with one attached hydrogen (secondary N) is 1. The predicted octanol–water partition coefficient (Wildman–Crippen LogP) is 5.05. The number of fused-ring (bicyclic) bond motifs is 1. The van der Waals surface area contributed by atoms with Gasteiger partial charge < -0.3 is 29.7 Å². The van der Waals surface area contributed by atoms with Crippen LogP contribution in [0.4, 0.5) is 5.69 Å². The predicted molar refractivity (Wildman–Crippen MR) is 190 cm³/mol. The zero-order chi connectivity index (χ0) is 35.3. The number of ether oxygens (including phenoxy) is 2. The van der Waals surface area contributed by atoms with E-state index in [1.807, 2.05) is 43.3 Å². The van der Waals surface area contributed by atoms with E-state index in [1.54, 1.807) is 24.3 Å². The molecule has 3 aliphatic rings. The molecule has 7 atom stereocenters. The summed E-state index contributed by atoms with van der Waals surface area (Å²) in [5.74, 6) is -3.61. The number of aliphatic hydroxyl groups excluding tert-OH is 1. The van der Waals surface area contributed by atoms with Gasteiger partial charge in [0.2, 0.25) is 11.8 Å². The van der Waals surface area contributed by atoms with Crippen molar-refractivity contribution < 1.29 is 33.8 Å². The number of nitrogens with zero attached hydrogens (tertiary/aromatic N) is 2. The van der Waals surface area contributed by atoms with Gasteiger partial charge in [-0.25, -0.2) is 0 Å². The zero-order valence-electron chi connectivity index (χ0n) is 27.6. The molecule has 3 fully saturated rings. The highest BCUT2D eigenvalue weighted by atomic mass is 79.9. The van der Waals surface area contributed by atoms with Gasteiger partial charge in [0, 0.05) is 30.9 Å². The largest absolute Gasteiger partial charge is 0.455 e. The van der Waals surface area contributed by atoms with Crippen LogP contribution in [0.25, 0.3) is 0 Å². The molecule has 1 unspecified atom stereocenters. The molecule has 0 aliphatic carbocycles. The van der Waals surface area contributed by atoms with Crippen LogP contribution >= 0.6 is 27.5 Å². The fraction of sp³-hybridized carbons (Fsp3) is 0.459. The van der Waals surface area contributed by atoms with Crippen LogP contribution in [0.5, 0.6) is 0 Å². The lowest BCUT2D eigenvalue weighted by Gasteiger charge is -2.37. The second kappa shape index (κ2) is 16.0. The first-order valence-corrected chi connectivity index (χ1v) is 17.9. The fourth-order valence-electron chi connectivity index (χ4n) is 7.49. The highest BCUT2D eigenvalue weighted by Crippen LogP contribution is 2.60. The lowest BCUT2D eigenvalue weighted by atomic mass is 9.70. The maximum atomic E-state index is 14.8. The number of likely N-dealkylation sites (tertiary alicyclic amines) is 1. The van der Waals surface area contributed by atoms with Crippen LogP contribution in [0.2, 0.25) is 5.02 Å². The molecule has 262 valence electrons. The van der Waals surface area contributed by atoms with Crippen LogP contribution in [0.15, 0.2) is 73.8 Å². The average molecular weight is 757 g/mol. The highest BCUT2D eigenvalue weighted by Gasteiger charge is 2.77. The summed E-state index contributed by atoms with van der Waals surface area (Å²) in [6.07, 6.45) is 3.64. The molecule has 2 aromatic carbocycles. The number of rotatable bonds is 16. The van der Waals surface area contributed by atoms with E-state index < -0.39 is 47.6 Å². The number of amides is 3. The van der Waals surface area contributed by atoms with Gasteiger partial charge in [0.15, 0.2) is 0 Å². The molecule has 2 bridgehead atoms. The Morgan fingerprint density at radius 2 is 1.94 bits per heavy atom. The molecule has 5 rings (SSSR count). The number of alkyl halides is 1. The van der Waals surface area contributed by atoms with Crippen molar-refractivity contribution in [2.75, 3.05) is 31.1 Å².